The van der Waals surface area contributed by atoms with Crippen LogP contribution in [0.15, 0.2) is 12.4 Å². The quantitative estimate of drug-likeness (QED) is 0.616. The molecule has 0 atom stereocenters. The van der Waals surface area contributed by atoms with Crippen molar-refractivity contribution in [1.82, 2.24) is 9.97 Å². The third-order valence-electron chi connectivity index (χ3n) is 1.40. The van der Waals surface area contributed by atoms with Crippen LogP contribution in [-0.4, -0.2) is 33.4 Å². The minimum absolute atomic E-state index is 0.0994. The average Bonchev–Trinajstić information content (AvgIpc) is 2.19. The van der Waals surface area contributed by atoms with Gasteiger partial charge in [-0.25, -0.2) is 4.98 Å². The molecule has 0 amide bonds. The van der Waals surface area contributed by atoms with E-state index in [1.165, 1.54) is 12.4 Å². The molecular formula is C8H12N2O3. The molecule has 0 fully saturated rings. The molecule has 2 N–H and O–H groups in total. The highest BCUT2D eigenvalue weighted by atomic mass is 16.5. The van der Waals surface area contributed by atoms with E-state index in [1.54, 1.807) is 0 Å². The summed E-state index contributed by atoms with van der Waals surface area (Å²) in [7, 11) is 0. The Kier molecular flexibility index (Phi) is 4.14. The highest BCUT2D eigenvalue weighted by Crippen LogP contribution is 2.03. The van der Waals surface area contributed by atoms with Crippen LogP contribution in [0, 0.1) is 0 Å². The summed E-state index contributed by atoms with van der Waals surface area (Å²) in [4.78, 5) is 7.77. The summed E-state index contributed by atoms with van der Waals surface area (Å²) in [5, 5.41) is 17.1. The lowest BCUT2D eigenvalue weighted by atomic mass is 10.5. The van der Waals surface area contributed by atoms with Crippen LogP contribution in [0.25, 0.3) is 0 Å². The summed E-state index contributed by atoms with van der Waals surface area (Å²) in [6, 6.07) is 0. The van der Waals surface area contributed by atoms with Crippen LogP contribution < -0.4 is 4.74 Å². The van der Waals surface area contributed by atoms with Crippen LogP contribution in [0.1, 0.15) is 12.1 Å². The number of aliphatic hydroxyl groups excluding tert-OH is 2. The third-order valence-corrected chi connectivity index (χ3v) is 1.40. The van der Waals surface area contributed by atoms with E-state index in [2.05, 4.69) is 9.97 Å². The molecule has 13 heavy (non-hydrogen) atoms. The molecule has 1 aromatic rings. The molecule has 0 saturated carbocycles. The Morgan fingerprint density at radius 2 is 2.08 bits per heavy atom. The molecule has 0 aliphatic rings. The van der Waals surface area contributed by atoms with Gasteiger partial charge in [0.2, 0.25) is 5.88 Å². The molecule has 1 heterocycles. The summed E-state index contributed by atoms with van der Waals surface area (Å²) in [6.07, 6.45) is 3.47. The van der Waals surface area contributed by atoms with Gasteiger partial charge >= 0.3 is 0 Å². The monoisotopic (exact) mass is 184 g/mol. The van der Waals surface area contributed by atoms with Crippen LogP contribution in [0.2, 0.25) is 0 Å². The van der Waals surface area contributed by atoms with Crippen molar-refractivity contribution in [3.63, 3.8) is 0 Å². The topological polar surface area (TPSA) is 75.5 Å². The normalized spacial score (nSPS) is 10.0. The van der Waals surface area contributed by atoms with Crippen LogP contribution >= 0.6 is 0 Å². The van der Waals surface area contributed by atoms with Crippen molar-refractivity contribution in [2.24, 2.45) is 0 Å². The van der Waals surface area contributed by atoms with E-state index in [-0.39, 0.29) is 13.2 Å². The average molecular weight is 184 g/mol. The Hall–Kier alpha value is -1.20. The van der Waals surface area contributed by atoms with Crippen molar-refractivity contribution in [1.29, 1.82) is 0 Å². The summed E-state index contributed by atoms with van der Waals surface area (Å²) in [6.45, 7) is 0.399. The van der Waals surface area contributed by atoms with Gasteiger partial charge in [-0.3, -0.25) is 4.98 Å². The largest absolute Gasteiger partial charge is 0.476 e. The van der Waals surface area contributed by atoms with Gasteiger partial charge in [-0.1, -0.05) is 0 Å². The van der Waals surface area contributed by atoms with Crippen molar-refractivity contribution in [3.05, 3.63) is 18.1 Å². The number of aromatic nitrogens is 2. The van der Waals surface area contributed by atoms with E-state index in [0.29, 0.717) is 24.6 Å². The lowest BCUT2D eigenvalue weighted by Gasteiger charge is -2.02. The zero-order valence-corrected chi connectivity index (χ0v) is 7.18. The number of rotatable bonds is 5. The van der Waals surface area contributed by atoms with E-state index in [1.807, 2.05) is 0 Å². The van der Waals surface area contributed by atoms with Crippen molar-refractivity contribution in [2.45, 2.75) is 13.0 Å². The van der Waals surface area contributed by atoms with Crippen LogP contribution in [0.5, 0.6) is 5.88 Å². The first-order valence-corrected chi connectivity index (χ1v) is 4.02. The van der Waals surface area contributed by atoms with Gasteiger partial charge in [-0.2, -0.15) is 0 Å². The number of hydrogen-bond donors (Lipinski definition) is 2. The second kappa shape index (κ2) is 5.45. The predicted molar refractivity (Wildman–Crippen MR) is 45.2 cm³/mol. The van der Waals surface area contributed by atoms with E-state index in [0.717, 1.165) is 0 Å². The van der Waals surface area contributed by atoms with E-state index < -0.39 is 0 Å². The summed E-state index contributed by atoms with van der Waals surface area (Å²) >= 11 is 0. The first-order chi connectivity index (χ1) is 6.36. The minimum atomic E-state index is -0.121. The molecular weight excluding hydrogens is 172 g/mol. The van der Waals surface area contributed by atoms with Gasteiger partial charge in [0.1, 0.15) is 0 Å². The second-order valence-electron chi connectivity index (χ2n) is 2.43. The fourth-order valence-electron chi connectivity index (χ4n) is 0.740. The number of aliphatic hydroxyl groups is 2. The van der Waals surface area contributed by atoms with Gasteiger partial charge in [0, 0.05) is 13.0 Å². The molecule has 1 rings (SSSR count). The maximum Gasteiger partial charge on any atom is 0.232 e. The molecule has 0 aliphatic carbocycles. The first kappa shape index (κ1) is 9.88. The molecule has 5 nitrogen and oxygen atoms in total. The highest BCUT2D eigenvalue weighted by Gasteiger charge is 1.96. The van der Waals surface area contributed by atoms with Gasteiger partial charge < -0.3 is 14.9 Å². The van der Waals surface area contributed by atoms with Gasteiger partial charge in [0.15, 0.2) is 0 Å². The summed E-state index contributed by atoms with van der Waals surface area (Å²) in [5.41, 5.74) is 0.509. The van der Waals surface area contributed by atoms with Gasteiger partial charge in [-0.05, 0) is 0 Å². The Morgan fingerprint density at radius 1 is 1.23 bits per heavy atom. The van der Waals surface area contributed by atoms with Crippen molar-refractivity contribution in [2.75, 3.05) is 13.2 Å². The van der Waals surface area contributed by atoms with Crippen LogP contribution in [-0.2, 0) is 6.61 Å². The zero-order valence-electron chi connectivity index (χ0n) is 7.18. The van der Waals surface area contributed by atoms with Crippen LogP contribution in [0.4, 0.5) is 0 Å². The maximum atomic E-state index is 8.67. The van der Waals surface area contributed by atoms with E-state index in [9.17, 15) is 0 Å². The fourth-order valence-corrected chi connectivity index (χ4v) is 0.740. The Morgan fingerprint density at radius 3 is 2.62 bits per heavy atom. The van der Waals surface area contributed by atoms with E-state index >= 15 is 0 Å². The Labute approximate surface area is 76.0 Å². The van der Waals surface area contributed by atoms with Crippen LogP contribution in [0.3, 0.4) is 0 Å². The SMILES string of the molecule is OCCCOc1cnc(CO)cn1. The molecule has 0 radical (unpaired) electrons. The standard InChI is InChI=1S/C8H12N2O3/c11-2-1-3-13-8-5-9-7(6-12)4-10-8/h4-5,11-12H,1-3,6H2. The zero-order chi connectivity index (χ0) is 9.52. The van der Waals surface area contributed by atoms with Crippen molar-refractivity contribution in [3.8, 4) is 5.88 Å². The minimum Gasteiger partial charge on any atom is -0.476 e. The molecule has 0 unspecified atom stereocenters. The number of nitrogens with zero attached hydrogens (tertiary/aromatic N) is 2. The van der Waals surface area contributed by atoms with Gasteiger partial charge in [-0.15, -0.1) is 0 Å². The molecule has 0 aliphatic heterocycles. The lowest BCUT2D eigenvalue weighted by Crippen LogP contribution is -2.02. The Bertz CT molecular complexity index is 238. The summed E-state index contributed by atoms with van der Waals surface area (Å²) < 4.78 is 5.13. The highest BCUT2D eigenvalue weighted by molar-refractivity contribution is 5.06. The molecule has 1 aromatic heterocycles. The molecule has 72 valence electrons. The lowest BCUT2D eigenvalue weighted by molar-refractivity contribution is 0.228. The first-order valence-electron chi connectivity index (χ1n) is 4.02. The molecule has 5 heteroatoms. The second-order valence-corrected chi connectivity index (χ2v) is 2.43. The number of hydrogen-bond acceptors (Lipinski definition) is 5. The summed E-state index contributed by atoms with van der Waals surface area (Å²) in [5.74, 6) is 0.408. The molecule has 0 bridgehead atoms. The maximum absolute atomic E-state index is 8.67. The molecule has 0 saturated heterocycles. The van der Waals surface area contributed by atoms with Crippen molar-refractivity contribution < 1.29 is 14.9 Å². The fraction of sp³-hybridized carbons (Fsp3) is 0.500. The Balaban J connectivity index is 2.40. The number of ether oxygens (including phenoxy) is 1. The molecule has 0 aromatic carbocycles. The van der Waals surface area contributed by atoms with Gasteiger partial charge in [0.25, 0.3) is 0 Å². The van der Waals surface area contributed by atoms with Gasteiger partial charge in [0.05, 0.1) is 31.3 Å². The van der Waals surface area contributed by atoms with Crippen molar-refractivity contribution >= 4 is 0 Å². The smallest absolute Gasteiger partial charge is 0.232 e. The van der Waals surface area contributed by atoms with E-state index in [4.69, 9.17) is 14.9 Å². The third kappa shape index (κ3) is 3.35. The molecule has 0 spiro atoms. The predicted octanol–water partition coefficient (Wildman–Crippen LogP) is -0.270.